The molecule has 4 N–H and O–H groups in total. The van der Waals surface area contributed by atoms with Gasteiger partial charge in [0.15, 0.2) is 17.2 Å². The van der Waals surface area contributed by atoms with Gasteiger partial charge in [0, 0.05) is 18.7 Å². The average Bonchev–Trinajstić information content (AvgIpc) is 2.71. The molecule has 2 rings (SSSR count). The van der Waals surface area contributed by atoms with Gasteiger partial charge in [0.1, 0.15) is 5.82 Å². The molecule has 0 radical (unpaired) electrons. The topological polar surface area (TPSA) is 108 Å². The molecular formula is C11H11N3O4. The highest BCUT2D eigenvalue weighted by molar-refractivity contribution is 6.04. The second-order valence-corrected chi connectivity index (χ2v) is 3.66. The van der Waals surface area contributed by atoms with Crippen LogP contribution in [0.5, 0.6) is 17.2 Å². The molecule has 0 saturated heterocycles. The van der Waals surface area contributed by atoms with E-state index in [1.807, 2.05) is 0 Å². The zero-order valence-electron chi connectivity index (χ0n) is 9.45. The molecule has 94 valence electrons. The molecule has 0 bridgehead atoms. The molecule has 1 aromatic carbocycles. The minimum absolute atomic E-state index is 0.0176. The Morgan fingerprint density at radius 1 is 1.28 bits per heavy atom. The summed E-state index contributed by atoms with van der Waals surface area (Å²) < 4.78 is 1.46. The molecule has 0 atom stereocenters. The lowest BCUT2D eigenvalue weighted by Gasteiger charge is -2.07. The first-order valence-electron chi connectivity index (χ1n) is 5.03. The molecule has 18 heavy (non-hydrogen) atoms. The maximum absolute atomic E-state index is 11.8. The van der Waals surface area contributed by atoms with Gasteiger partial charge in [0.2, 0.25) is 0 Å². The highest BCUT2D eigenvalue weighted by Crippen LogP contribution is 2.35. The fourth-order valence-corrected chi connectivity index (χ4v) is 1.42. The highest BCUT2D eigenvalue weighted by Gasteiger charge is 2.14. The van der Waals surface area contributed by atoms with Crippen LogP contribution in [0.15, 0.2) is 24.4 Å². The highest BCUT2D eigenvalue weighted by atomic mass is 16.3. The van der Waals surface area contributed by atoms with Crippen molar-refractivity contribution in [1.82, 2.24) is 9.78 Å². The molecular weight excluding hydrogens is 238 g/mol. The van der Waals surface area contributed by atoms with E-state index in [1.54, 1.807) is 13.1 Å². The van der Waals surface area contributed by atoms with Crippen LogP contribution in [0.25, 0.3) is 0 Å². The Morgan fingerprint density at radius 2 is 1.89 bits per heavy atom. The quantitative estimate of drug-likeness (QED) is 0.588. The zero-order chi connectivity index (χ0) is 13.3. The SMILES string of the molecule is Cn1nccc1NC(=O)c1cc(O)c(O)c(O)c1. The number of aromatic hydroxyl groups is 3. The van der Waals surface area contributed by atoms with Gasteiger partial charge < -0.3 is 20.6 Å². The van der Waals surface area contributed by atoms with E-state index in [2.05, 4.69) is 10.4 Å². The summed E-state index contributed by atoms with van der Waals surface area (Å²) in [6, 6.07) is 3.71. The van der Waals surface area contributed by atoms with Crippen LogP contribution in [0.3, 0.4) is 0 Å². The molecule has 0 fully saturated rings. The monoisotopic (exact) mass is 249 g/mol. The summed E-state index contributed by atoms with van der Waals surface area (Å²) in [5.41, 5.74) is 0.0176. The van der Waals surface area contributed by atoms with Crippen molar-refractivity contribution in [2.45, 2.75) is 0 Å². The third-order valence-corrected chi connectivity index (χ3v) is 2.39. The number of carbonyl (C=O) groups is 1. The van der Waals surface area contributed by atoms with Gasteiger partial charge in [-0.25, -0.2) is 0 Å². The summed E-state index contributed by atoms with van der Waals surface area (Å²) in [5, 5.41) is 34.2. The van der Waals surface area contributed by atoms with Crippen molar-refractivity contribution in [2.24, 2.45) is 7.05 Å². The van der Waals surface area contributed by atoms with E-state index in [0.29, 0.717) is 5.82 Å². The van der Waals surface area contributed by atoms with Crippen molar-refractivity contribution >= 4 is 11.7 Å². The lowest BCUT2D eigenvalue weighted by atomic mass is 10.1. The van der Waals surface area contributed by atoms with E-state index < -0.39 is 23.2 Å². The van der Waals surface area contributed by atoms with Crippen LogP contribution in [-0.4, -0.2) is 31.0 Å². The summed E-state index contributed by atoms with van der Waals surface area (Å²) in [5.74, 6) is -1.86. The first-order chi connectivity index (χ1) is 8.49. The van der Waals surface area contributed by atoms with Crippen LogP contribution in [0.4, 0.5) is 5.82 Å². The van der Waals surface area contributed by atoms with Gasteiger partial charge in [-0.3, -0.25) is 9.48 Å². The minimum atomic E-state index is -0.660. The summed E-state index contributed by atoms with van der Waals surface area (Å²) in [7, 11) is 1.65. The number of hydrogen-bond acceptors (Lipinski definition) is 5. The van der Waals surface area contributed by atoms with Crippen molar-refractivity contribution in [1.29, 1.82) is 0 Å². The van der Waals surface area contributed by atoms with E-state index in [1.165, 1.54) is 10.9 Å². The van der Waals surface area contributed by atoms with Gasteiger partial charge in [-0.2, -0.15) is 5.10 Å². The van der Waals surface area contributed by atoms with E-state index in [-0.39, 0.29) is 5.56 Å². The van der Waals surface area contributed by atoms with E-state index in [9.17, 15) is 15.0 Å². The van der Waals surface area contributed by atoms with Crippen molar-refractivity contribution < 1.29 is 20.1 Å². The van der Waals surface area contributed by atoms with Crippen molar-refractivity contribution in [3.8, 4) is 17.2 Å². The summed E-state index contributed by atoms with van der Waals surface area (Å²) in [6.45, 7) is 0. The molecule has 2 aromatic rings. The molecule has 1 amide bonds. The van der Waals surface area contributed by atoms with Gasteiger partial charge in [-0.1, -0.05) is 0 Å². The number of nitrogens with zero attached hydrogens (tertiary/aromatic N) is 2. The Hall–Kier alpha value is -2.70. The van der Waals surface area contributed by atoms with E-state index >= 15 is 0 Å². The number of carbonyl (C=O) groups excluding carboxylic acids is 1. The molecule has 0 aliphatic heterocycles. The van der Waals surface area contributed by atoms with E-state index in [0.717, 1.165) is 12.1 Å². The number of phenolic OH excluding ortho intramolecular Hbond substituents is 3. The number of aryl methyl sites for hydroxylation is 1. The fraction of sp³-hybridized carbons (Fsp3) is 0.0909. The predicted molar refractivity (Wildman–Crippen MR) is 62.6 cm³/mol. The van der Waals surface area contributed by atoms with E-state index in [4.69, 9.17) is 5.11 Å². The molecule has 7 nitrogen and oxygen atoms in total. The van der Waals surface area contributed by atoms with Crippen LogP contribution in [-0.2, 0) is 7.05 Å². The molecule has 0 unspecified atom stereocenters. The lowest BCUT2D eigenvalue weighted by molar-refractivity contribution is 0.102. The van der Waals surface area contributed by atoms with Crippen LogP contribution in [0.1, 0.15) is 10.4 Å². The van der Waals surface area contributed by atoms with Gasteiger partial charge in [0.25, 0.3) is 5.91 Å². The van der Waals surface area contributed by atoms with Crippen LogP contribution >= 0.6 is 0 Å². The van der Waals surface area contributed by atoms with Crippen molar-refractivity contribution in [2.75, 3.05) is 5.32 Å². The molecule has 7 heteroatoms. The number of phenols is 3. The largest absolute Gasteiger partial charge is 0.504 e. The smallest absolute Gasteiger partial charge is 0.257 e. The summed E-state index contributed by atoms with van der Waals surface area (Å²) in [6.07, 6.45) is 1.52. The predicted octanol–water partition coefficient (Wildman–Crippen LogP) is 0.789. The summed E-state index contributed by atoms with van der Waals surface area (Å²) in [4.78, 5) is 11.8. The second-order valence-electron chi connectivity index (χ2n) is 3.66. The Kier molecular flexibility index (Phi) is 2.80. The molecule has 0 aliphatic carbocycles. The number of hydrogen-bond donors (Lipinski definition) is 4. The number of benzene rings is 1. The number of nitrogens with one attached hydrogen (secondary N) is 1. The zero-order valence-corrected chi connectivity index (χ0v) is 9.45. The second kappa shape index (κ2) is 4.28. The number of amides is 1. The standard InChI is InChI=1S/C11H11N3O4/c1-14-9(2-3-12-14)13-11(18)6-4-7(15)10(17)8(16)5-6/h2-5,15-17H,1H3,(H,13,18). The van der Waals surface area contributed by atoms with Crippen LogP contribution in [0.2, 0.25) is 0 Å². The molecule has 0 saturated carbocycles. The molecule has 1 heterocycles. The van der Waals surface area contributed by atoms with Gasteiger partial charge >= 0.3 is 0 Å². The molecule has 0 spiro atoms. The Morgan fingerprint density at radius 3 is 2.39 bits per heavy atom. The number of rotatable bonds is 2. The maximum atomic E-state index is 11.8. The van der Waals surface area contributed by atoms with Crippen LogP contribution in [0, 0.1) is 0 Å². The maximum Gasteiger partial charge on any atom is 0.257 e. The minimum Gasteiger partial charge on any atom is -0.504 e. The number of aromatic nitrogens is 2. The third-order valence-electron chi connectivity index (χ3n) is 2.39. The van der Waals surface area contributed by atoms with Gasteiger partial charge in [0.05, 0.1) is 6.20 Å². The Balaban J connectivity index is 2.27. The first kappa shape index (κ1) is 11.8. The average molecular weight is 249 g/mol. The summed E-state index contributed by atoms with van der Waals surface area (Å²) >= 11 is 0. The third kappa shape index (κ3) is 2.05. The Bertz CT molecular complexity index is 583. The molecule has 1 aromatic heterocycles. The van der Waals surface area contributed by atoms with Crippen LogP contribution < -0.4 is 5.32 Å². The first-order valence-corrected chi connectivity index (χ1v) is 5.03. The fourth-order valence-electron chi connectivity index (χ4n) is 1.42. The lowest BCUT2D eigenvalue weighted by Crippen LogP contribution is -2.14. The Labute approximate surface area is 102 Å². The van der Waals surface area contributed by atoms with Gasteiger partial charge in [-0.15, -0.1) is 0 Å². The molecule has 0 aliphatic rings. The normalized spacial score (nSPS) is 10.3. The van der Waals surface area contributed by atoms with Crippen molar-refractivity contribution in [3.05, 3.63) is 30.0 Å². The van der Waals surface area contributed by atoms with Gasteiger partial charge in [-0.05, 0) is 12.1 Å². The number of anilines is 1. The van der Waals surface area contributed by atoms with Crippen molar-refractivity contribution in [3.63, 3.8) is 0 Å².